The summed E-state index contributed by atoms with van der Waals surface area (Å²) in [6.07, 6.45) is 4.40. The number of carbonyl (C=O) groups is 1. The normalized spacial score (nSPS) is 11.0. The van der Waals surface area contributed by atoms with Crippen LogP contribution in [0.25, 0.3) is 33.3 Å². The minimum Gasteiger partial charge on any atom is -0.493 e. The summed E-state index contributed by atoms with van der Waals surface area (Å²) in [5.41, 5.74) is 3.65. The molecule has 4 rings (SSSR count). The SMILES string of the molecule is C=CC(=O)Cc1cc(F)cc(-c2cnc3[nH]cc(-c4cc(F)cc(F)c4OC)c3c2)c1C. The molecule has 0 aliphatic rings. The van der Waals surface area contributed by atoms with E-state index >= 15 is 0 Å². The number of nitrogens with one attached hydrogen (secondary N) is 1. The van der Waals surface area contributed by atoms with E-state index < -0.39 is 17.5 Å². The summed E-state index contributed by atoms with van der Waals surface area (Å²) in [5.74, 6) is -2.36. The van der Waals surface area contributed by atoms with Crippen LogP contribution in [0.5, 0.6) is 5.75 Å². The number of nitrogens with zero attached hydrogens (tertiary/aromatic N) is 1. The number of aromatic nitrogens is 2. The van der Waals surface area contributed by atoms with Crippen molar-refractivity contribution < 1.29 is 22.7 Å². The van der Waals surface area contributed by atoms with Gasteiger partial charge in [-0.15, -0.1) is 0 Å². The summed E-state index contributed by atoms with van der Waals surface area (Å²) in [7, 11) is 1.31. The zero-order valence-corrected chi connectivity index (χ0v) is 17.4. The van der Waals surface area contributed by atoms with Gasteiger partial charge in [-0.2, -0.15) is 0 Å². The van der Waals surface area contributed by atoms with Gasteiger partial charge in [0.05, 0.1) is 7.11 Å². The van der Waals surface area contributed by atoms with Crippen molar-refractivity contribution in [2.75, 3.05) is 7.11 Å². The van der Waals surface area contributed by atoms with Crippen molar-refractivity contribution in [3.63, 3.8) is 0 Å². The van der Waals surface area contributed by atoms with E-state index in [-0.39, 0.29) is 23.5 Å². The zero-order valence-electron chi connectivity index (χ0n) is 17.4. The fourth-order valence-corrected chi connectivity index (χ4v) is 3.82. The van der Waals surface area contributed by atoms with E-state index in [2.05, 4.69) is 16.5 Å². The number of H-pyrrole nitrogens is 1. The standard InChI is InChI=1S/C25H19F3N2O2/c1-4-18(31)6-14-5-16(26)8-19(13(14)2)15-7-21-22(12-30-25(21)29-11-15)20-9-17(27)10-23(28)24(20)32-3/h4-5,7-12H,1,6H2,2-3H3,(H,29,30). The first-order valence-electron chi connectivity index (χ1n) is 9.77. The average molecular weight is 436 g/mol. The van der Waals surface area contributed by atoms with Crippen LogP contribution in [0.2, 0.25) is 0 Å². The predicted molar refractivity (Wildman–Crippen MR) is 117 cm³/mol. The molecule has 0 aliphatic heterocycles. The lowest BCUT2D eigenvalue weighted by Crippen LogP contribution is -2.02. The Kier molecular flexibility index (Phi) is 5.57. The largest absolute Gasteiger partial charge is 0.493 e. The molecule has 2 aromatic heterocycles. The highest BCUT2D eigenvalue weighted by atomic mass is 19.1. The van der Waals surface area contributed by atoms with Gasteiger partial charge in [-0.25, -0.2) is 18.2 Å². The Morgan fingerprint density at radius 3 is 2.53 bits per heavy atom. The maximum absolute atomic E-state index is 14.4. The maximum Gasteiger partial charge on any atom is 0.168 e. The molecule has 1 N–H and O–H groups in total. The highest BCUT2D eigenvalue weighted by molar-refractivity contribution is 5.97. The van der Waals surface area contributed by atoms with Crippen LogP contribution in [-0.4, -0.2) is 22.9 Å². The van der Waals surface area contributed by atoms with Gasteiger partial charge >= 0.3 is 0 Å². The van der Waals surface area contributed by atoms with E-state index in [1.165, 1.54) is 31.4 Å². The molecule has 0 amide bonds. The third-order valence-electron chi connectivity index (χ3n) is 5.42. The quantitative estimate of drug-likeness (QED) is 0.381. The van der Waals surface area contributed by atoms with Crippen LogP contribution in [0, 0.1) is 24.4 Å². The topological polar surface area (TPSA) is 55.0 Å². The molecule has 0 spiro atoms. The second kappa shape index (κ2) is 8.34. The van der Waals surface area contributed by atoms with Crippen molar-refractivity contribution in [3.8, 4) is 28.0 Å². The van der Waals surface area contributed by atoms with Crippen LogP contribution >= 0.6 is 0 Å². The summed E-state index contributed by atoms with van der Waals surface area (Å²) in [4.78, 5) is 19.2. The fraction of sp³-hybridized carbons (Fsp3) is 0.120. The number of methoxy groups -OCH3 is 1. The Labute approximate surface area is 182 Å². The lowest BCUT2D eigenvalue weighted by molar-refractivity contribution is -0.114. The molecule has 0 bridgehead atoms. The number of ketones is 1. The second-order valence-electron chi connectivity index (χ2n) is 7.38. The van der Waals surface area contributed by atoms with E-state index in [1.54, 1.807) is 25.4 Å². The summed E-state index contributed by atoms with van der Waals surface area (Å²) >= 11 is 0. The van der Waals surface area contributed by atoms with Crippen LogP contribution in [0.4, 0.5) is 13.2 Å². The van der Waals surface area contributed by atoms with Crippen LogP contribution in [0.1, 0.15) is 11.1 Å². The van der Waals surface area contributed by atoms with Crippen LogP contribution < -0.4 is 4.74 Å². The number of halogens is 3. The van der Waals surface area contributed by atoms with Crippen molar-refractivity contribution in [2.45, 2.75) is 13.3 Å². The molecule has 0 saturated carbocycles. The van der Waals surface area contributed by atoms with E-state index in [9.17, 15) is 18.0 Å². The molecule has 0 radical (unpaired) electrons. The summed E-state index contributed by atoms with van der Waals surface area (Å²) in [6.45, 7) is 5.26. The lowest BCUT2D eigenvalue weighted by Gasteiger charge is -2.12. The highest BCUT2D eigenvalue weighted by Gasteiger charge is 2.19. The number of carbonyl (C=O) groups excluding carboxylic acids is 1. The smallest absolute Gasteiger partial charge is 0.168 e. The molecule has 162 valence electrons. The van der Waals surface area contributed by atoms with Crippen LogP contribution in [-0.2, 0) is 11.2 Å². The van der Waals surface area contributed by atoms with E-state index in [4.69, 9.17) is 4.74 Å². The third kappa shape index (κ3) is 3.77. The van der Waals surface area contributed by atoms with Gasteiger partial charge in [0, 0.05) is 47.0 Å². The molecular formula is C25H19F3N2O2. The van der Waals surface area contributed by atoms with E-state index in [0.717, 1.165) is 11.6 Å². The fourth-order valence-electron chi connectivity index (χ4n) is 3.82. The Bertz CT molecular complexity index is 1380. The molecule has 4 aromatic rings. The highest BCUT2D eigenvalue weighted by Crippen LogP contribution is 2.38. The summed E-state index contributed by atoms with van der Waals surface area (Å²) < 4.78 is 47.7. The number of benzene rings is 2. The van der Waals surface area contributed by atoms with Crippen molar-refractivity contribution in [1.29, 1.82) is 0 Å². The van der Waals surface area contributed by atoms with Gasteiger partial charge < -0.3 is 9.72 Å². The first kappa shape index (κ1) is 21.4. The van der Waals surface area contributed by atoms with Gasteiger partial charge in [-0.3, -0.25) is 4.79 Å². The van der Waals surface area contributed by atoms with Gasteiger partial charge in [-0.05, 0) is 54.0 Å². The van der Waals surface area contributed by atoms with Crippen LogP contribution in [0.15, 0.2) is 55.4 Å². The minimum absolute atomic E-state index is 0.0327. The van der Waals surface area contributed by atoms with Crippen molar-refractivity contribution in [1.82, 2.24) is 9.97 Å². The van der Waals surface area contributed by atoms with Crippen molar-refractivity contribution in [2.24, 2.45) is 0 Å². The first-order valence-corrected chi connectivity index (χ1v) is 9.77. The number of aromatic amines is 1. The number of fused-ring (bicyclic) bond motifs is 1. The molecule has 0 unspecified atom stereocenters. The monoisotopic (exact) mass is 436 g/mol. The van der Waals surface area contributed by atoms with E-state index in [0.29, 0.717) is 33.3 Å². The second-order valence-corrected chi connectivity index (χ2v) is 7.38. The number of hydrogen-bond acceptors (Lipinski definition) is 3. The van der Waals surface area contributed by atoms with Gasteiger partial charge in [-0.1, -0.05) is 6.58 Å². The maximum atomic E-state index is 14.4. The predicted octanol–water partition coefficient (Wildman–Crippen LogP) is 5.93. The summed E-state index contributed by atoms with van der Waals surface area (Å²) in [6, 6.07) is 6.40. The number of allylic oxidation sites excluding steroid dienone is 1. The number of pyridine rings is 1. The number of hydrogen-bond donors (Lipinski definition) is 1. The molecule has 0 aliphatic carbocycles. The molecule has 2 aromatic carbocycles. The molecule has 32 heavy (non-hydrogen) atoms. The number of ether oxygens (including phenoxy) is 1. The van der Waals surface area contributed by atoms with Crippen molar-refractivity contribution >= 4 is 16.8 Å². The zero-order chi connectivity index (χ0) is 23.0. The van der Waals surface area contributed by atoms with Gasteiger partial charge in [0.2, 0.25) is 0 Å². The van der Waals surface area contributed by atoms with Gasteiger partial charge in [0.1, 0.15) is 17.3 Å². The lowest BCUT2D eigenvalue weighted by atomic mass is 9.93. The minimum atomic E-state index is -0.821. The average Bonchev–Trinajstić information content (AvgIpc) is 3.18. The molecular weight excluding hydrogens is 417 g/mol. The summed E-state index contributed by atoms with van der Waals surface area (Å²) in [5, 5.41) is 0.582. The molecule has 2 heterocycles. The molecule has 0 fully saturated rings. The van der Waals surface area contributed by atoms with E-state index in [1.807, 2.05) is 0 Å². The van der Waals surface area contributed by atoms with Gasteiger partial charge in [0.15, 0.2) is 17.3 Å². The van der Waals surface area contributed by atoms with Crippen LogP contribution in [0.3, 0.4) is 0 Å². The molecule has 0 saturated heterocycles. The van der Waals surface area contributed by atoms with Crippen molar-refractivity contribution in [3.05, 3.63) is 84.0 Å². The molecule has 4 nitrogen and oxygen atoms in total. The molecule has 7 heteroatoms. The Balaban J connectivity index is 1.90. The third-order valence-corrected chi connectivity index (χ3v) is 5.42. The Morgan fingerprint density at radius 2 is 1.81 bits per heavy atom. The molecule has 0 atom stereocenters. The Morgan fingerprint density at radius 1 is 1.09 bits per heavy atom. The van der Waals surface area contributed by atoms with Gasteiger partial charge in [0.25, 0.3) is 0 Å². The Hall–Kier alpha value is -3.87. The number of rotatable bonds is 6. The first-order chi connectivity index (χ1) is 15.3.